The zero-order chi connectivity index (χ0) is 19.2. The first-order valence-electron chi connectivity index (χ1n) is 10.0. The van der Waals surface area contributed by atoms with E-state index in [0.29, 0.717) is 6.42 Å². The van der Waals surface area contributed by atoms with Crippen LogP contribution < -0.4 is 9.80 Å². The molecule has 7 heteroatoms. The summed E-state index contributed by atoms with van der Waals surface area (Å²) in [7, 11) is 0. The van der Waals surface area contributed by atoms with Crippen molar-refractivity contribution < 1.29 is 9.53 Å². The quantitative estimate of drug-likeness (QED) is 0.784. The van der Waals surface area contributed by atoms with Gasteiger partial charge in [0.15, 0.2) is 0 Å². The molecule has 0 atom stereocenters. The molecule has 2 aromatic rings. The molecule has 4 rings (SSSR count). The second-order valence-corrected chi connectivity index (χ2v) is 7.17. The molecule has 28 heavy (non-hydrogen) atoms. The molecular weight excluding hydrogens is 354 g/mol. The maximum absolute atomic E-state index is 12.5. The first-order chi connectivity index (χ1) is 13.8. The fourth-order valence-electron chi connectivity index (χ4n) is 3.67. The Morgan fingerprint density at radius 1 is 0.929 bits per heavy atom. The molecule has 2 aliphatic heterocycles. The van der Waals surface area contributed by atoms with Crippen molar-refractivity contribution in [2.75, 3.05) is 62.3 Å². The predicted molar refractivity (Wildman–Crippen MR) is 109 cm³/mol. The second-order valence-electron chi connectivity index (χ2n) is 7.17. The largest absolute Gasteiger partial charge is 0.378 e. The third-order valence-corrected chi connectivity index (χ3v) is 5.35. The topological polar surface area (TPSA) is 61.8 Å². The van der Waals surface area contributed by atoms with Crippen LogP contribution in [0.15, 0.2) is 42.6 Å². The Bertz CT molecular complexity index is 771. The van der Waals surface area contributed by atoms with E-state index in [2.05, 4.69) is 26.9 Å². The van der Waals surface area contributed by atoms with Gasteiger partial charge in [-0.25, -0.2) is 4.98 Å². The molecular formula is C21H27N5O2. The number of anilines is 2. The number of nitrogens with zero attached hydrogens (tertiary/aromatic N) is 5. The molecule has 2 fully saturated rings. The monoisotopic (exact) mass is 381 g/mol. The van der Waals surface area contributed by atoms with Crippen LogP contribution in [0.4, 0.5) is 11.8 Å². The van der Waals surface area contributed by atoms with Crippen LogP contribution in [0.1, 0.15) is 12.0 Å². The lowest BCUT2D eigenvalue weighted by atomic mass is 10.1. The van der Waals surface area contributed by atoms with Gasteiger partial charge in [0.2, 0.25) is 11.9 Å². The van der Waals surface area contributed by atoms with E-state index < -0.39 is 0 Å². The van der Waals surface area contributed by atoms with E-state index in [1.165, 1.54) is 5.56 Å². The fraction of sp³-hybridized carbons (Fsp3) is 0.476. The van der Waals surface area contributed by atoms with Crippen molar-refractivity contribution in [3.63, 3.8) is 0 Å². The minimum Gasteiger partial charge on any atom is -0.378 e. The number of rotatable bonds is 5. The van der Waals surface area contributed by atoms with Gasteiger partial charge in [0.1, 0.15) is 5.82 Å². The van der Waals surface area contributed by atoms with Crippen molar-refractivity contribution >= 4 is 17.7 Å². The minimum absolute atomic E-state index is 0.236. The normalized spacial score (nSPS) is 17.6. The lowest BCUT2D eigenvalue weighted by Gasteiger charge is -2.36. The molecule has 3 heterocycles. The highest BCUT2D eigenvalue weighted by Gasteiger charge is 2.22. The van der Waals surface area contributed by atoms with Gasteiger partial charge in [-0.3, -0.25) is 4.79 Å². The van der Waals surface area contributed by atoms with E-state index in [1.807, 2.05) is 35.4 Å². The number of aryl methyl sites for hydroxylation is 1. The van der Waals surface area contributed by atoms with E-state index in [0.717, 1.165) is 70.7 Å². The second kappa shape index (κ2) is 9.01. The third-order valence-electron chi connectivity index (χ3n) is 5.35. The number of carbonyl (C=O) groups is 1. The first-order valence-corrected chi connectivity index (χ1v) is 10.0. The van der Waals surface area contributed by atoms with E-state index in [-0.39, 0.29) is 5.91 Å². The highest BCUT2D eigenvalue weighted by molar-refractivity contribution is 5.76. The molecule has 0 N–H and O–H groups in total. The molecule has 0 aliphatic carbocycles. The summed E-state index contributed by atoms with van der Waals surface area (Å²) in [6.45, 7) is 6.18. The van der Waals surface area contributed by atoms with Crippen LogP contribution in [-0.2, 0) is 16.0 Å². The Balaban J connectivity index is 1.29. The Morgan fingerprint density at radius 3 is 2.43 bits per heavy atom. The van der Waals surface area contributed by atoms with Gasteiger partial charge in [-0.1, -0.05) is 30.3 Å². The number of carbonyl (C=O) groups excluding carboxylic acids is 1. The maximum atomic E-state index is 12.5. The number of aromatic nitrogens is 2. The number of hydrogen-bond acceptors (Lipinski definition) is 6. The average molecular weight is 381 g/mol. The lowest BCUT2D eigenvalue weighted by Crippen LogP contribution is -2.49. The Kier molecular flexibility index (Phi) is 6.01. The van der Waals surface area contributed by atoms with Gasteiger partial charge in [0.05, 0.1) is 13.2 Å². The SMILES string of the molecule is O=C(CCc1ccccc1)N1CCN(c2ccnc(N3CCOCC3)n2)CC1. The fourth-order valence-corrected chi connectivity index (χ4v) is 3.67. The summed E-state index contributed by atoms with van der Waals surface area (Å²) in [6.07, 6.45) is 3.19. The number of amides is 1. The summed E-state index contributed by atoms with van der Waals surface area (Å²) in [4.78, 5) is 28.1. The Labute approximate surface area is 165 Å². The molecule has 2 saturated heterocycles. The standard InChI is InChI=1S/C21H27N5O2/c27-20(7-6-18-4-2-1-3-5-18)25-12-10-24(11-13-25)19-8-9-22-21(23-19)26-14-16-28-17-15-26/h1-5,8-9H,6-7,10-17H2. The van der Waals surface area contributed by atoms with Gasteiger partial charge in [0.25, 0.3) is 0 Å². The number of piperazine rings is 1. The van der Waals surface area contributed by atoms with Crippen molar-refractivity contribution in [1.29, 1.82) is 0 Å². The van der Waals surface area contributed by atoms with Crippen molar-refractivity contribution in [2.24, 2.45) is 0 Å². The van der Waals surface area contributed by atoms with Gasteiger partial charge in [-0.2, -0.15) is 4.98 Å². The molecule has 0 bridgehead atoms. The molecule has 1 aromatic heterocycles. The van der Waals surface area contributed by atoms with Gasteiger partial charge >= 0.3 is 0 Å². The molecule has 148 valence electrons. The number of hydrogen-bond donors (Lipinski definition) is 0. The van der Waals surface area contributed by atoms with E-state index >= 15 is 0 Å². The molecule has 1 aromatic carbocycles. The van der Waals surface area contributed by atoms with Crippen LogP contribution in [0.2, 0.25) is 0 Å². The average Bonchev–Trinajstić information content (AvgIpc) is 2.79. The van der Waals surface area contributed by atoms with Crippen molar-refractivity contribution in [3.8, 4) is 0 Å². The van der Waals surface area contributed by atoms with Crippen molar-refractivity contribution in [3.05, 3.63) is 48.2 Å². The van der Waals surface area contributed by atoms with Crippen LogP contribution in [0.5, 0.6) is 0 Å². The summed E-state index contributed by atoms with van der Waals surface area (Å²) >= 11 is 0. The zero-order valence-electron chi connectivity index (χ0n) is 16.2. The Hall–Kier alpha value is -2.67. The molecule has 0 radical (unpaired) electrons. The van der Waals surface area contributed by atoms with E-state index in [1.54, 1.807) is 0 Å². The summed E-state index contributed by atoms with van der Waals surface area (Å²) < 4.78 is 5.40. The Morgan fingerprint density at radius 2 is 1.68 bits per heavy atom. The van der Waals surface area contributed by atoms with Crippen LogP contribution in [0.25, 0.3) is 0 Å². The molecule has 1 amide bonds. The summed E-state index contributed by atoms with van der Waals surface area (Å²) in [5.74, 6) is 1.94. The smallest absolute Gasteiger partial charge is 0.227 e. The summed E-state index contributed by atoms with van der Waals surface area (Å²) in [6, 6.07) is 12.1. The van der Waals surface area contributed by atoms with Gasteiger partial charge in [0, 0.05) is 51.9 Å². The maximum Gasteiger partial charge on any atom is 0.227 e. The van der Waals surface area contributed by atoms with Crippen molar-refractivity contribution in [2.45, 2.75) is 12.8 Å². The van der Waals surface area contributed by atoms with Gasteiger partial charge in [-0.15, -0.1) is 0 Å². The lowest BCUT2D eigenvalue weighted by molar-refractivity contribution is -0.131. The number of morpholine rings is 1. The minimum atomic E-state index is 0.236. The molecule has 0 saturated carbocycles. The predicted octanol–water partition coefficient (Wildman–Crippen LogP) is 1.59. The van der Waals surface area contributed by atoms with Crippen LogP contribution >= 0.6 is 0 Å². The molecule has 2 aliphatic rings. The van der Waals surface area contributed by atoms with Crippen molar-refractivity contribution in [1.82, 2.24) is 14.9 Å². The van der Waals surface area contributed by atoms with Crippen LogP contribution in [0, 0.1) is 0 Å². The van der Waals surface area contributed by atoms with Crippen LogP contribution in [-0.4, -0.2) is 73.3 Å². The van der Waals surface area contributed by atoms with E-state index in [4.69, 9.17) is 9.72 Å². The van der Waals surface area contributed by atoms with Crippen LogP contribution in [0.3, 0.4) is 0 Å². The molecule has 0 unspecified atom stereocenters. The highest BCUT2D eigenvalue weighted by Crippen LogP contribution is 2.18. The number of ether oxygens (including phenoxy) is 1. The summed E-state index contributed by atoms with van der Waals surface area (Å²) in [5, 5.41) is 0. The van der Waals surface area contributed by atoms with Gasteiger partial charge in [-0.05, 0) is 18.1 Å². The highest BCUT2D eigenvalue weighted by atomic mass is 16.5. The van der Waals surface area contributed by atoms with E-state index in [9.17, 15) is 4.79 Å². The molecule has 0 spiro atoms. The summed E-state index contributed by atoms with van der Waals surface area (Å²) in [5.41, 5.74) is 1.21. The zero-order valence-corrected chi connectivity index (χ0v) is 16.2. The molecule has 7 nitrogen and oxygen atoms in total. The first kappa shape index (κ1) is 18.7. The number of benzene rings is 1. The van der Waals surface area contributed by atoms with Gasteiger partial charge < -0.3 is 19.4 Å². The third kappa shape index (κ3) is 4.59.